The van der Waals surface area contributed by atoms with Crippen molar-refractivity contribution in [3.05, 3.63) is 29.6 Å². The quantitative estimate of drug-likeness (QED) is 0.818. The van der Waals surface area contributed by atoms with E-state index in [1.807, 2.05) is 0 Å². The zero-order valence-electron chi connectivity index (χ0n) is 9.92. The van der Waals surface area contributed by atoms with E-state index in [0.717, 1.165) is 24.2 Å². The summed E-state index contributed by atoms with van der Waals surface area (Å²) < 4.78 is 26.8. The molecule has 0 spiro atoms. The molecular formula is C14H14F2N2. The van der Waals surface area contributed by atoms with Crippen molar-refractivity contribution in [1.29, 1.82) is 0 Å². The molecule has 2 saturated carbocycles. The molecule has 1 aromatic heterocycles. The smallest absolute Gasteiger partial charge is 0.153 e. The summed E-state index contributed by atoms with van der Waals surface area (Å²) >= 11 is 0. The van der Waals surface area contributed by atoms with Gasteiger partial charge in [-0.05, 0) is 37.2 Å². The minimum absolute atomic E-state index is 0.272. The van der Waals surface area contributed by atoms with Crippen LogP contribution in [0.3, 0.4) is 0 Å². The predicted octanol–water partition coefficient (Wildman–Crippen LogP) is 3.74. The van der Waals surface area contributed by atoms with Crippen LogP contribution in [-0.4, -0.2) is 9.97 Å². The fourth-order valence-electron chi connectivity index (χ4n) is 3.82. The lowest BCUT2D eigenvalue weighted by atomic mass is 9.88. The van der Waals surface area contributed by atoms with E-state index < -0.39 is 11.6 Å². The van der Waals surface area contributed by atoms with E-state index in [0.29, 0.717) is 17.4 Å². The first kappa shape index (κ1) is 10.5. The predicted molar refractivity (Wildman–Crippen MR) is 64.2 cm³/mol. The van der Waals surface area contributed by atoms with Gasteiger partial charge in [0.1, 0.15) is 17.2 Å². The Kier molecular flexibility index (Phi) is 2.05. The molecule has 3 unspecified atom stereocenters. The van der Waals surface area contributed by atoms with Gasteiger partial charge in [0.25, 0.3) is 0 Å². The third-order valence-electron chi connectivity index (χ3n) is 4.61. The van der Waals surface area contributed by atoms with Gasteiger partial charge < -0.3 is 4.98 Å². The van der Waals surface area contributed by atoms with Crippen molar-refractivity contribution < 1.29 is 8.78 Å². The number of fused-ring (bicyclic) bond motifs is 3. The highest BCUT2D eigenvalue weighted by atomic mass is 19.1. The van der Waals surface area contributed by atoms with Crippen molar-refractivity contribution in [2.75, 3.05) is 0 Å². The zero-order valence-corrected chi connectivity index (χ0v) is 9.92. The Bertz CT molecular complexity index is 620. The molecule has 2 nitrogen and oxygen atoms in total. The van der Waals surface area contributed by atoms with Gasteiger partial charge in [-0.25, -0.2) is 13.8 Å². The Balaban J connectivity index is 1.80. The van der Waals surface area contributed by atoms with Gasteiger partial charge in [-0.2, -0.15) is 0 Å². The number of aromatic nitrogens is 2. The maximum atomic E-state index is 13.6. The SMILES string of the molecule is Fc1cc(F)c2nc(C3CC4CCC3C4)[nH]c2c1. The third kappa shape index (κ3) is 1.41. The number of rotatable bonds is 1. The molecule has 0 saturated heterocycles. The summed E-state index contributed by atoms with van der Waals surface area (Å²) in [6, 6.07) is 2.22. The highest BCUT2D eigenvalue weighted by molar-refractivity contribution is 5.75. The van der Waals surface area contributed by atoms with Crippen molar-refractivity contribution in [2.45, 2.75) is 31.6 Å². The van der Waals surface area contributed by atoms with Gasteiger partial charge in [0.05, 0.1) is 5.52 Å². The second-order valence-electron chi connectivity index (χ2n) is 5.69. The van der Waals surface area contributed by atoms with Crippen molar-refractivity contribution in [1.82, 2.24) is 9.97 Å². The molecular weight excluding hydrogens is 234 g/mol. The first-order valence-corrected chi connectivity index (χ1v) is 6.55. The normalized spacial score (nSPS) is 30.4. The van der Waals surface area contributed by atoms with Crippen LogP contribution in [0.15, 0.2) is 12.1 Å². The second-order valence-corrected chi connectivity index (χ2v) is 5.69. The molecule has 2 aromatic rings. The van der Waals surface area contributed by atoms with Crippen LogP contribution in [0.25, 0.3) is 11.0 Å². The first-order valence-electron chi connectivity index (χ1n) is 6.55. The lowest BCUT2D eigenvalue weighted by Crippen LogP contribution is -2.09. The Morgan fingerprint density at radius 1 is 1.17 bits per heavy atom. The van der Waals surface area contributed by atoms with E-state index in [1.54, 1.807) is 0 Å². The van der Waals surface area contributed by atoms with Gasteiger partial charge in [0.15, 0.2) is 5.82 Å². The van der Waals surface area contributed by atoms with Crippen LogP contribution in [0.2, 0.25) is 0 Å². The van der Waals surface area contributed by atoms with Gasteiger partial charge in [-0.15, -0.1) is 0 Å². The molecule has 1 heterocycles. The molecule has 3 atom stereocenters. The molecule has 0 radical (unpaired) electrons. The van der Waals surface area contributed by atoms with Gasteiger partial charge in [0.2, 0.25) is 0 Å². The number of H-pyrrole nitrogens is 1. The topological polar surface area (TPSA) is 28.7 Å². The van der Waals surface area contributed by atoms with Crippen LogP contribution in [-0.2, 0) is 0 Å². The van der Waals surface area contributed by atoms with Crippen molar-refractivity contribution in [3.8, 4) is 0 Å². The number of nitrogens with one attached hydrogen (secondary N) is 1. The average Bonchev–Trinajstić information content (AvgIpc) is 3.01. The van der Waals surface area contributed by atoms with E-state index in [2.05, 4.69) is 9.97 Å². The van der Waals surface area contributed by atoms with Gasteiger partial charge >= 0.3 is 0 Å². The lowest BCUT2D eigenvalue weighted by Gasteiger charge is -2.18. The summed E-state index contributed by atoms with van der Waals surface area (Å²) in [6.45, 7) is 0. The van der Waals surface area contributed by atoms with Gasteiger partial charge in [0, 0.05) is 12.0 Å². The van der Waals surface area contributed by atoms with Gasteiger partial charge in [-0.1, -0.05) is 6.42 Å². The molecule has 0 amide bonds. The van der Waals surface area contributed by atoms with Crippen molar-refractivity contribution >= 4 is 11.0 Å². The average molecular weight is 248 g/mol. The molecule has 4 heteroatoms. The Morgan fingerprint density at radius 2 is 2.06 bits per heavy atom. The van der Waals surface area contributed by atoms with Crippen LogP contribution in [0, 0.1) is 23.5 Å². The Labute approximate surface area is 103 Å². The lowest BCUT2D eigenvalue weighted by molar-refractivity contribution is 0.408. The monoisotopic (exact) mass is 248 g/mol. The third-order valence-corrected chi connectivity index (χ3v) is 4.61. The number of halogens is 2. The highest BCUT2D eigenvalue weighted by Crippen LogP contribution is 2.52. The minimum Gasteiger partial charge on any atom is -0.342 e. The molecule has 2 bridgehead atoms. The van der Waals surface area contributed by atoms with Gasteiger partial charge in [-0.3, -0.25) is 0 Å². The second kappa shape index (κ2) is 3.53. The highest BCUT2D eigenvalue weighted by Gasteiger charge is 2.41. The van der Waals surface area contributed by atoms with Crippen LogP contribution in [0.1, 0.15) is 37.4 Å². The minimum atomic E-state index is -0.573. The van der Waals surface area contributed by atoms with E-state index in [1.165, 1.54) is 25.3 Å². The number of benzene rings is 1. The summed E-state index contributed by atoms with van der Waals surface area (Å²) in [5.41, 5.74) is 0.749. The van der Waals surface area contributed by atoms with Crippen molar-refractivity contribution in [2.24, 2.45) is 11.8 Å². The Morgan fingerprint density at radius 3 is 2.78 bits per heavy atom. The first-order chi connectivity index (χ1) is 8.70. The summed E-state index contributed by atoms with van der Waals surface area (Å²) in [7, 11) is 0. The van der Waals surface area contributed by atoms with E-state index in [-0.39, 0.29) is 5.52 Å². The van der Waals surface area contributed by atoms with Crippen LogP contribution in [0.5, 0.6) is 0 Å². The summed E-state index contributed by atoms with van der Waals surface area (Å²) in [4.78, 5) is 7.47. The summed E-state index contributed by atoms with van der Waals surface area (Å²) in [5.74, 6) is 1.64. The van der Waals surface area contributed by atoms with E-state index >= 15 is 0 Å². The standard InChI is InChI=1S/C14H14F2N2/c15-9-5-11(16)13-12(6-9)17-14(18-13)10-4-7-1-2-8(10)3-7/h5-8,10H,1-4H2,(H,17,18). The zero-order chi connectivity index (χ0) is 12.3. The number of imidazole rings is 1. The molecule has 18 heavy (non-hydrogen) atoms. The fourth-order valence-corrected chi connectivity index (χ4v) is 3.82. The summed E-state index contributed by atoms with van der Waals surface area (Å²) in [5, 5.41) is 0. The molecule has 2 aliphatic rings. The maximum Gasteiger partial charge on any atom is 0.153 e. The number of aromatic amines is 1. The molecule has 1 aromatic carbocycles. The number of nitrogens with zero attached hydrogens (tertiary/aromatic N) is 1. The molecule has 0 aliphatic heterocycles. The largest absolute Gasteiger partial charge is 0.342 e. The van der Waals surface area contributed by atoms with E-state index in [4.69, 9.17) is 0 Å². The van der Waals surface area contributed by atoms with E-state index in [9.17, 15) is 8.78 Å². The number of hydrogen-bond donors (Lipinski definition) is 1. The maximum absolute atomic E-state index is 13.6. The molecule has 1 N–H and O–H groups in total. The van der Waals surface area contributed by atoms with Crippen LogP contribution in [0.4, 0.5) is 8.78 Å². The van der Waals surface area contributed by atoms with Crippen LogP contribution >= 0.6 is 0 Å². The molecule has 4 rings (SSSR count). The molecule has 2 aliphatic carbocycles. The number of hydrogen-bond acceptors (Lipinski definition) is 1. The Hall–Kier alpha value is -1.45. The van der Waals surface area contributed by atoms with Crippen LogP contribution < -0.4 is 0 Å². The fraction of sp³-hybridized carbons (Fsp3) is 0.500. The molecule has 2 fully saturated rings. The van der Waals surface area contributed by atoms with Crippen molar-refractivity contribution in [3.63, 3.8) is 0 Å². The summed E-state index contributed by atoms with van der Waals surface area (Å²) in [6.07, 6.45) is 5.00. The molecule has 94 valence electrons.